The van der Waals surface area contributed by atoms with E-state index in [1.54, 1.807) is 37.4 Å². The third-order valence-electron chi connectivity index (χ3n) is 4.31. The third-order valence-corrected chi connectivity index (χ3v) is 4.56. The lowest BCUT2D eigenvalue weighted by Crippen LogP contribution is -2.38. The number of carbonyl (C=O) groups is 2. The number of carbonyl (C=O) groups excluding carboxylic acids is 2. The first-order valence-corrected chi connectivity index (χ1v) is 9.04. The van der Waals surface area contributed by atoms with E-state index in [1.165, 1.54) is 0 Å². The number of methoxy groups -OCH3 is 1. The highest BCUT2D eigenvalue weighted by atomic mass is 35.5. The van der Waals surface area contributed by atoms with Crippen LogP contribution in [-0.2, 0) is 16.0 Å². The molecule has 0 radical (unpaired) electrons. The first-order chi connectivity index (χ1) is 13.1. The van der Waals surface area contributed by atoms with Gasteiger partial charge in [-0.3, -0.25) is 9.59 Å². The van der Waals surface area contributed by atoms with Gasteiger partial charge in [0.15, 0.2) is 0 Å². The average molecular weight is 389 g/mol. The smallest absolute Gasteiger partial charge is 0.255 e. The number of halogens is 1. The molecule has 1 heterocycles. The molecule has 0 aromatic heterocycles. The predicted octanol–water partition coefficient (Wildman–Crippen LogP) is 2.91. The fourth-order valence-electron chi connectivity index (χ4n) is 2.87. The molecule has 1 aliphatic rings. The Morgan fingerprint density at radius 2 is 2.00 bits per heavy atom. The Morgan fingerprint density at radius 3 is 2.74 bits per heavy atom. The van der Waals surface area contributed by atoms with E-state index >= 15 is 0 Å². The maximum atomic E-state index is 12.4. The monoisotopic (exact) mass is 388 g/mol. The molecule has 0 aliphatic carbocycles. The van der Waals surface area contributed by atoms with Crippen LogP contribution in [0.2, 0.25) is 5.02 Å². The van der Waals surface area contributed by atoms with Crippen LogP contribution in [0.4, 0.5) is 5.69 Å². The van der Waals surface area contributed by atoms with Crippen LogP contribution < -0.4 is 15.4 Å². The van der Waals surface area contributed by atoms with Crippen LogP contribution in [-0.4, -0.2) is 38.7 Å². The summed E-state index contributed by atoms with van der Waals surface area (Å²) in [7, 11) is 1.59. The summed E-state index contributed by atoms with van der Waals surface area (Å²) in [6.07, 6.45) is 0.554. The summed E-state index contributed by atoms with van der Waals surface area (Å²) in [5, 5.41) is 6.27. The number of hydrogen-bond donors (Lipinski definition) is 2. The van der Waals surface area contributed by atoms with Gasteiger partial charge in [-0.1, -0.05) is 11.6 Å². The fourth-order valence-corrected chi connectivity index (χ4v) is 2.99. The van der Waals surface area contributed by atoms with E-state index in [-0.39, 0.29) is 17.7 Å². The first-order valence-electron chi connectivity index (χ1n) is 8.66. The lowest BCUT2D eigenvalue weighted by atomic mass is 9.95. The van der Waals surface area contributed by atoms with Gasteiger partial charge in [-0.25, -0.2) is 0 Å². The van der Waals surface area contributed by atoms with Crippen molar-refractivity contribution in [3.05, 3.63) is 58.6 Å². The molecule has 1 atom stereocenters. The Bertz CT molecular complexity index is 823. The normalized spacial score (nSPS) is 15.4. The van der Waals surface area contributed by atoms with Gasteiger partial charge in [0.2, 0.25) is 5.91 Å². The number of anilines is 1. The van der Waals surface area contributed by atoms with Crippen molar-refractivity contribution in [1.29, 1.82) is 0 Å². The van der Waals surface area contributed by atoms with Gasteiger partial charge in [0.25, 0.3) is 5.91 Å². The lowest BCUT2D eigenvalue weighted by molar-refractivity contribution is -0.126. The number of fused-ring (bicyclic) bond motifs is 1. The molecule has 2 amide bonds. The summed E-state index contributed by atoms with van der Waals surface area (Å²) >= 11 is 5.85. The second kappa shape index (κ2) is 8.88. The molecule has 1 aliphatic heterocycles. The van der Waals surface area contributed by atoms with Gasteiger partial charge < -0.3 is 20.1 Å². The minimum absolute atomic E-state index is 0.0618. The van der Waals surface area contributed by atoms with Gasteiger partial charge in [0, 0.05) is 29.9 Å². The Hall–Kier alpha value is -2.57. The predicted molar refractivity (Wildman–Crippen MR) is 103 cm³/mol. The second-order valence-electron chi connectivity index (χ2n) is 6.28. The van der Waals surface area contributed by atoms with Gasteiger partial charge >= 0.3 is 0 Å². The molecule has 0 fully saturated rings. The second-order valence-corrected chi connectivity index (χ2v) is 6.72. The van der Waals surface area contributed by atoms with Crippen molar-refractivity contribution in [3.8, 4) is 5.75 Å². The Kier molecular flexibility index (Phi) is 6.32. The first kappa shape index (κ1) is 19.2. The van der Waals surface area contributed by atoms with E-state index in [1.807, 2.05) is 12.1 Å². The molecule has 6 nitrogen and oxygen atoms in total. The molecular formula is C20H21ClN2O4. The summed E-state index contributed by atoms with van der Waals surface area (Å²) in [6.45, 7) is 1.27. The number of amides is 2. The van der Waals surface area contributed by atoms with Crippen molar-refractivity contribution in [2.45, 2.75) is 6.42 Å². The molecule has 7 heteroatoms. The lowest BCUT2D eigenvalue weighted by Gasteiger charge is -2.25. The number of rotatable bonds is 6. The van der Waals surface area contributed by atoms with Crippen LogP contribution in [0, 0.1) is 5.92 Å². The SMILES string of the molecule is COCCNC(=O)[C@@H]1COc2ccc(NC(=O)c3ccc(Cl)cc3)cc2C1. The highest BCUT2D eigenvalue weighted by molar-refractivity contribution is 6.30. The van der Waals surface area contributed by atoms with E-state index in [0.717, 1.165) is 11.3 Å². The zero-order valence-corrected chi connectivity index (χ0v) is 15.7. The quantitative estimate of drug-likeness (QED) is 0.746. The molecule has 27 heavy (non-hydrogen) atoms. The van der Waals surface area contributed by atoms with E-state index in [0.29, 0.717) is 42.5 Å². The number of nitrogens with one attached hydrogen (secondary N) is 2. The zero-order chi connectivity index (χ0) is 19.2. The largest absolute Gasteiger partial charge is 0.492 e. The van der Waals surface area contributed by atoms with Gasteiger partial charge in [0.05, 0.1) is 12.5 Å². The molecule has 2 aromatic rings. The third kappa shape index (κ3) is 4.99. The Morgan fingerprint density at radius 1 is 1.22 bits per heavy atom. The fraction of sp³-hybridized carbons (Fsp3) is 0.300. The van der Waals surface area contributed by atoms with Crippen LogP contribution in [0.5, 0.6) is 5.75 Å². The molecule has 0 spiro atoms. The molecule has 2 aromatic carbocycles. The number of hydrogen-bond acceptors (Lipinski definition) is 4. The molecule has 2 N–H and O–H groups in total. The van der Waals surface area contributed by atoms with Crippen molar-refractivity contribution < 1.29 is 19.1 Å². The minimum Gasteiger partial charge on any atom is -0.492 e. The number of ether oxygens (including phenoxy) is 2. The minimum atomic E-state index is -0.267. The zero-order valence-electron chi connectivity index (χ0n) is 15.0. The van der Waals surface area contributed by atoms with Gasteiger partial charge in [0.1, 0.15) is 12.4 Å². The van der Waals surface area contributed by atoms with E-state index in [4.69, 9.17) is 21.1 Å². The van der Waals surface area contributed by atoms with Crippen LogP contribution >= 0.6 is 11.6 Å². The van der Waals surface area contributed by atoms with Crippen molar-refractivity contribution in [2.75, 3.05) is 32.2 Å². The topological polar surface area (TPSA) is 76.7 Å². The molecule has 0 unspecified atom stereocenters. The molecule has 3 rings (SSSR count). The Labute approximate surface area is 162 Å². The van der Waals surface area contributed by atoms with Crippen LogP contribution in [0.15, 0.2) is 42.5 Å². The van der Waals surface area contributed by atoms with Crippen LogP contribution in [0.25, 0.3) is 0 Å². The van der Waals surface area contributed by atoms with Gasteiger partial charge in [-0.15, -0.1) is 0 Å². The molecular weight excluding hydrogens is 368 g/mol. The summed E-state index contributed by atoms with van der Waals surface area (Å²) in [4.78, 5) is 24.6. The number of benzene rings is 2. The van der Waals surface area contributed by atoms with Crippen molar-refractivity contribution in [2.24, 2.45) is 5.92 Å². The average Bonchev–Trinajstić information content (AvgIpc) is 2.68. The van der Waals surface area contributed by atoms with Crippen molar-refractivity contribution in [1.82, 2.24) is 5.32 Å². The molecule has 0 bridgehead atoms. The van der Waals surface area contributed by atoms with Crippen molar-refractivity contribution >= 4 is 29.1 Å². The summed E-state index contributed by atoms with van der Waals surface area (Å²) in [5.41, 5.74) is 2.06. The maximum Gasteiger partial charge on any atom is 0.255 e. The van der Waals surface area contributed by atoms with E-state index in [9.17, 15) is 9.59 Å². The molecule has 0 saturated heterocycles. The van der Waals surface area contributed by atoms with Crippen molar-refractivity contribution in [3.63, 3.8) is 0 Å². The van der Waals surface area contributed by atoms with Gasteiger partial charge in [-0.05, 0) is 54.4 Å². The highest BCUT2D eigenvalue weighted by Crippen LogP contribution is 2.30. The van der Waals surface area contributed by atoms with E-state index in [2.05, 4.69) is 10.6 Å². The maximum absolute atomic E-state index is 12.4. The standard InChI is InChI=1S/C20H21ClN2O4/c1-26-9-8-22-19(24)15-10-14-11-17(6-7-18(14)27-12-15)23-20(25)13-2-4-16(21)5-3-13/h2-7,11,15H,8-10,12H2,1H3,(H,22,24)(H,23,25)/t15-/m0/s1. The summed E-state index contributed by atoms with van der Waals surface area (Å²) in [5.74, 6) is 0.183. The highest BCUT2D eigenvalue weighted by Gasteiger charge is 2.26. The molecule has 142 valence electrons. The summed E-state index contributed by atoms with van der Waals surface area (Å²) < 4.78 is 10.6. The Balaban J connectivity index is 1.65. The van der Waals surface area contributed by atoms with Gasteiger partial charge in [-0.2, -0.15) is 0 Å². The summed E-state index contributed by atoms with van der Waals surface area (Å²) in [6, 6.07) is 12.1. The van der Waals surface area contributed by atoms with Crippen LogP contribution in [0.3, 0.4) is 0 Å². The molecule has 0 saturated carbocycles. The van der Waals surface area contributed by atoms with Crippen LogP contribution in [0.1, 0.15) is 15.9 Å². The van der Waals surface area contributed by atoms with E-state index < -0.39 is 0 Å².